The number of fused-ring (bicyclic) bond motifs is 1. The number of nitrogens with one attached hydrogen (secondary N) is 1. The summed E-state index contributed by atoms with van der Waals surface area (Å²) in [6, 6.07) is 4.98. The highest BCUT2D eigenvalue weighted by atomic mass is 19.1. The van der Waals surface area contributed by atoms with Crippen molar-refractivity contribution in [1.82, 2.24) is 10.2 Å². The lowest BCUT2D eigenvalue weighted by Crippen LogP contribution is -2.21. The van der Waals surface area contributed by atoms with E-state index in [-0.39, 0.29) is 22.9 Å². The van der Waals surface area contributed by atoms with Crippen LogP contribution >= 0.6 is 0 Å². The van der Waals surface area contributed by atoms with E-state index in [4.69, 9.17) is 10.5 Å². The van der Waals surface area contributed by atoms with E-state index >= 15 is 0 Å². The zero-order valence-electron chi connectivity index (χ0n) is 10.9. The molecule has 0 amide bonds. The van der Waals surface area contributed by atoms with E-state index < -0.39 is 17.6 Å². The van der Waals surface area contributed by atoms with Gasteiger partial charge in [-0.25, -0.2) is 8.78 Å². The number of nitrogens with zero attached hydrogens (tertiary/aromatic N) is 2. The first-order valence-corrected chi connectivity index (χ1v) is 6.10. The number of rotatable bonds is 1. The maximum Gasteiger partial charge on any atom is 0.244 e. The molecule has 3 rings (SSSR count). The third-order valence-corrected chi connectivity index (χ3v) is 3.40. The predicted molar refractivity (Wildman–Crippen MR) is 69.0 cm³/mol. The minimum Gasteiger partial charge on any atom is -0.420 e. The first-order valence-electron chi connectivity index (χ1n) is 6.10. The van der Waals surface area contributed by atoms with Crippen molar-refractivity contribution in [2.24, 2.45) is 5.73 Å². The van der Waals surface area contributed by atoms with Gasteiger partial charge >= 0.3 is 0 Å². The topological polar surface area (TPSA) is 87.7 Å². The Balaban J connectivity index is 2.30. The zero-order valence-corrected chi connectivity index (χ0v) is 10.9. The first-order chi connectivity index (χ1) is 10.0. The van der Waals surface area contributed by atoms with E-state index in [1.54, 1.807) is 6.92 Å². The number of aryl methyl sites for hydroxylation is 1. The van der Waals surface area contributed by atoms with Crippen molar-refractivity contribution in [1.29, 1.82) is 5.26 Å². The highest BCUT2D eigenvalue weighted by molar-refractivity contribution is 5.55. The van der Waals surface area contributed by atoms with E-state index in [0.29, 0.717) is 11.3 Å². The SMILES string of the molecule is Cc1[nH]nc2c1C(c1cc(F)ccc1F)C(C#N)=C(N)O2. The van der Waals surface area contributed by atoms with Gasteiger partial charge in [0.1, 0.15) is 23.3 Å². The van der Waals surface area contributed by atoms with Gasteiger partial charge in [0.05, 0.1) is 5.92 Å². The molecule has 0 spiro atoms. The minimum absolute atomic E-state index is 0.0172. The van der Waals surface area contributed by atoms with Gasteiger partial charge in [-0.2, -0.15) is 5.26 Å². The molecule has 21 heavy (non-hydrogen) atoms. The Morgan fingerprint density at radius 2 is 2.19 bits per heavy atom. The second kappa shape index (κ2) is 4.59. The summed E-state index contributed by atoms with van der Waals surface area (Å²) in [6.45, 7) is 1.70. The van der Waals surface area contributed by atoms with Gasteiger partial charge in [-0.3, -0.25) is 5.10 Å². The maximum absolute atomic E-state index is 14.1. The van der Waals surface area contributed by atoms with Crippen molar-refractivity contribution in [3.63, 3.8) is 0 Å². The number of hydrogen-bond acceptors (Lipinski definition) is 4. The molecular formula is C14H10F2N4O. The predicted octanol–water partition coefficient (Wildman–Crippen LogP) is 2.21. The van der Waals surface area contributed by atoms with E-state index in [0.717, 1.165) is 18.2 Å². The fourth-order valence-electron chi connectivity index (χ4n) is 2.45. The van der Waals surface area contributed by atoms with Crippen LogP contribution in [0.1, 0.15) is 22.7 Å². The number of ether oxygens (including phenoxy) is 1. The molecule has 0 fully saturated rings. The van der Waals surface area contributed by atoms with Crippen LogP contribution in [0.25, 0.3) is 0 Å². The molecule has 7 heteroatoms. The molecule has 3 N–H and O–H groups in total. The third-order valence-electron chi connectivity index (χ3n) is 3.40. The average Bonchev–Trinajstić information content (AvgIpc) is 2.81. The van der Waals surface area contributed by atoms with Crippen LogP contribution in [0.4, 0.5) is 8.78 Å². The Morgan fingerprint density at radius 1 is 1.43 bits per heavy atom. The number of allylic oxidation sites excluding steroid dienone is 1. The molecule has 5 nitrogen and oxygen atoms in total. The molecule has 1 aliphatic heterocycles. The summed E-state index contributed by atoms with van der Waals surface area (Å²) >= 11 is 0. The fourth-order valence-corrected chi connectivity index (χ4v) is 2.45. The molecule has 1 aromatic carbocycles. The molecule has 0 radical (unpaired) electrons. The number of nitrogens with two attached hydrogens (primary N) is 1. The number of H-pyrrole nitrogens is 1. The lowest BCUT2D eigenvalue weighted by atomic mass is 9.84. The van der Waals surface area contributed by atoms with Crippen LogP contribution in [0.5, 0.6) is 5.88 Å². The molecule has 106 valence electrons. The highest BCUT2D eigenvalue weighted by Crippen LogP contribution is 2.43. The van der Waals surface area contributed by atoms with Crippen molar-refractivity contribution in [3.05, 3.63) is 58.1 Å². The summed E-state index contributed by atoms with van der Waals surface area (Å²) < 4.78 is 32.8. The van der Waals surface area contributed by atoms with E-state index in [1.807, 2.05) is 6.07 Å². The molecule has 2 aromatic rings. The molecule has 0 saturated heterocycles. The fraction of sp³-hybridized carbons (Fsp3) is 0.143. The van der Waals surface area contributed by atoms with Gasteiger partial charge in [0.15, 0.2) is 0 Å². The monoisotopic (exact) mass is 288 g/mol. The number of nitriles is 1. The van der Waals surface area contributed by atoms with E-state index in [2.05, 4.69) is 10.2 Å². The van der Waals surface area contributed by atoms with Crippen molar-refractivity contribution in [3.8, 4) is 11.9 Å². The highest BCUT2D eigenvalue weighted by Gasteiger charge is 2.35. The van der Waals surface area contributed by atoms with Gasteiger partial charge in [0.2, 0.25) is 11.8 Å². The van der Waals surface area contributed by atoms with E-state index in [9.17, 15) is 14.0 Å². The summed E-state index contributed by atoms with van der Waals surface area (Å²) in [6.07, 6.45) is 0. The number of aromatic amines is 1. The van der Waals surface area contributed by atoms with E-state index in [1.165, 1.54) is 0 Å². The summed E-state index contributed by atoms with van der Waals surface area (Å²) in [5.74, 6) is -2.08. The minimum atomic E-state index is -0.854. The number of halogens is 2. The Morgan fingerprint density at radius 3 is 2.90 bits per heavy atom. The Labute approximate surface area is 118 Å². The molecule has 1 atom stereocenters. The summed E-state index contributed by atoms with van der Waals surface area (Å²) in [4.78, 5) is 0. The zero-order chi connectivity index (χ0) is 15.1. The molecule has 0 aliphatic carbocycles. The lowest BCUT2D eigenvalue weighted by molar-refractivity contribution is 0.377. The van der Waals surface area contributed by atoms with Crippen molar-refractivity contribution < 1.29 is 13.5 Å². The van der Waals surface area contributed by atoms with Gasteiger partial charge in [0, 0.05) is 16.8 Å². The van der Waals surface area contributed by atoms with Crippen LogP contribution in [0.2, 0.25) is 0 Å². The van der Waals surface area contributed by atoms with Gasteiger partial charge in [-0.05, 0) is 25.1 Å². The quantitative estimate of drug-likeness (QED) is 0.842. The molecule has 2 heterocycles. The third kappa shape index (κ3) is 1.92. The van der Waals surface area contributed by atoms with Crippen LogP contribution in [0.3, 0.4) is 0 Å². The molecule has 1 aromatic heterocycles. The molecule has 0 saturated carbocycles. The van der Waals surface area contributed by atoms with Crippen molar-refractivity contribution in [2.45, 2.75) is 12.8 Å². The van der Waals surface area contributed by atoms with Crippen LogP contribution in [0, 0.1) is 29.9 Å². The summed E-state index contributed by atoms with van der Waals surface area (Å²) in [5, 5.41) is 15.9. The standard InChI is InChI=1S/C14H10F2N4O/c1-6-11-12(8-4-7(15)2-3-10(8)16)9(5-17)13(18)21-14(11)20-19-6/h2-4,12H,18H2,1H3,(H,19,20). The number of hydrogen-bond donors (Lipinski definition) is 2. The van der Waals surface area contributed by atoms with Gasteiger partial charge in [-0.15, -0.1) is 5.10 Å². The summed E-state index contributed by atoms with van der Waals surface area (Å²) in [5.41, 5.74) is 6.81. The Hall–Kier alpha value is -2.88. The molecule has 1 aliphatic rings. The largest absolute Gasteiger partial charge is 0.420 e. The normalized spacial score (nSPS) is 17.1. The smallest absolute Gasteiger partial charge is 0.244 e. The van der Waals surface area contributed by atoms with Crippen LogP contribution in [-0.2, 0) is 0 Å². The lowest BCUT2D eigenvalue weighted by Gasteiger charge is -2.23. The molecule has 1 unspecified atom stereocenters. The van der Waals surface area contributed by atoms with Crippen LogP contribution < -0.4 is 10.5 Å². The van der Waals surface area contributed by atoms with Crippen LogP contribution in [0.15, 0.2) is 29.7 Å². The van der Waals surface area contributed by atoms with Gasteiger partial charge < -0.3 is 10.5 Å². The Kier molecular flexibility index (Phi) is 2.87. The average molecular weight is 288 g/mol. The summed E-state index contributed by atoms with van der Waals surface area (Å²) in [7, 11) is 0. The number of aromatic nitrogens is 2. The van der Waals surface area contributed by atoms with Gasteiger partial charge in [0.25, 0.3) is 0 Å². The number of benzene rings is 1. The first kappa shape index (κ1) is 13.1. The molecular weight excluding hydrogens is 278 g/mol. The van der Waals surface area contributed by atoms with Crippen LogP contribution in [-0.4, -0.2) is 10.2 Å². The maximum atomic E-state index is 14.1. The van der Waals surface area contributed by atoms with Crippen molar-refractivity contribution in [2.75, 3.05) is 0 Å². The van der Waals surface area contributed by atoms with Gasteiger partial charge in [-0.1, -0.05) is 0 Å². The second-order valence-corrected chi connectivity index (χ2v) is 4.66. The molecule has 0 bridgehead atoms. The van der Waals surface area contributed by atoms with Crippen molar-refractivity contribution >= 4 is 0 Å². The Bertz CT molecular complexity index is 804. The second-order valence-electron chi connectivity index (χ2n) is 4.66.